The van der Waals surface area contributed by atoms with Crippen molar-refractivity contribution in [2.75, 3.05) is 9.80 Å². The van der Waals surface area contributed by atoms with Crippen molar-refractivity contribution < 1.29 is 0 Å². The Morgan fingerprint density at radius 1 is 0.304 bits per heavy atom. The van der Waals surface area contributed by atoms with Gasteiger partial charge in [-0.25, -0.2) is 0 Å². The van der Waals surface area contributed by atoms with Crippen molar-refractivity contribution in [2.45, 2.75) is 43.9 Å². The first kappa shape index (κ1) is 39.9. The normalized spacial score (nSPS) is 15.3. The zero-order valence-electron chi connectivity index (χ0n) is 39.3. The van der Waals surface area contributed by atoms with E-state index in [4.69, 9.17) is 0 Å². The van der Waals surface area contributed by atoms with Crippen molar-refractivity contribution in [3.63, 3.8) is 0 Å². The minimum absolute atomic E-state index is 0.152. The van der Waals surface area contributed by atoms with Gasteiger partial charge in [-0.1, -0.05) is 198 Å². The number of benzene rings is 10. The molecule has 4 aliphatic rings. The van der Waals surface area contributed by atoms with Gasteiger partial charge in [0.25, 0.3) is 0 Å². The molecule has 0 saturated heterocycles. The van der Waals surface area contributed by atoms with Crippen molar-refractivity contribution in [1.29, 1.82) is 0 Å². The standard InChI is InChI=1S/C67H50N2/c1-65(2)54-26-12-8-23-48(54)51-38-35-45(41-59(51)65)68(46-36-39-52-49-24-9-13-27-55(49)66(3,4)60(52)42-46)62-31-17-11-22-47(62)43-34-37-53-50-25-10-14-28-56(50)67(61(53)40-43)57-29-15-18-32-63(57)69(44-20-6-5-7-21-44)64-33-19-16-30-58(64)67/h5-42H,1-4H3. The second kappa shape index (κ2) is 14.4. The minimum atomic E-state index is -0.559. The maximum Gasteiger partial charge on any atom is 0.0754 e. The van der Waals surface area contributed by atoms with Crippen molar-refractivity contribution in [1.82, 2.24) is 0 Å². The van der Waals surface area contributed by atoms with Gasteiger partial charge in [0.2, 0.25) is 0 Å². The molecule has 1 spiro atoms. The SMILES string of the molecule is CC1(C)c2ccccc2-c2ccc(N(c3ccc4c(c3)C(C)(C)c3ccccc3-4)c3ccccc3-c3ccc4c(c3)C3(c5ccccc5-4)c4ccccc4N(c4ccccc4)c4ccccc43)cc21. The molecule has 1 aliphatic heterocycles. The second-order valence-corrected chi connectivity index (χ2v) is 20.4. The number of nitrogens with zero attached hydrogens (tertiary/aromatic N) is 2. The maximum atomic E-state index is 2.54. The van der Waals surface area contributed by atoms with Gasteiger partial charge in [-0.15, -0.1) is 0 Å². The Morgan fingerprint density at radius 2 is 0.710 bits per heavy atom. The van der Waals surface area contributed by atoms with E-state index in [0.29, 0.717) is 0 Å². The molecule has 1 heterocycles. The number of rotatable bonds is 5. The zero-order valence-corrected chi connectivity index (χ0v) is 39.3. The molecule has 0 aromatic heterocycles. The van der Waals surface area contributed by atoms with Crippen LogP contribution in [0.4, 0.5) is 34.1 Å². The van der Waals surface area contributed by atoms with E-state index >= 15 is 0 Å². The lowest BCUT2D eigenvalue weighted by Crippen LogP contribution is -2.36. The van der Waals surface area contributed by atoms with E-state index < -0.39 is 5.41 Å². The van der Waals surface area contributed by atoms with Gasteiger partial charge in [0, 0.05) is 33.5 Å². The van der Waals surface area contributed by atoms with E-state index in [-0.39, 0.29) is 10.8 Å². The molecule has 328 valence electrons. The van der Waals surface area contributed by atoms with E-state index in [1.807, 2.05) is 0 Å². The molecule has 0 N–H and O–H groups in total. The highest BCUT2D eigenvalue weighted by Gasteiger charge is 2.52. The Morgan fingerprint density at radius 3 is 1.28 bits per heavy atom. The Kier molecular flexibility index (Phi) is 8.33. The molecule has 0 atom stereocenters. The van der Waals surface area contributed by atoms with E-state index in [2.05, 4.69) is 268 Å². The van der Waals surface area contributed by atoms with Crippen LogP contribution in [0.1, 0.15) is 72.2 Å². The summed E-state index contributed by atoms with van der Waals surface area (Å²) in [5.74, 6) is 0. The van der Waals surface area contributed by atoms with Crippen LogP contribution in [0.15, 0.2) is 231 Å². The van der Waals surface area contributed by atoms with Crippen LogP contribution in [-0.2, 0) is 16.2 Å². The summed E-state index contributed by atoms with van der Waals surface area (Å²) >= 11 is 0. The average molecular weight is 883 g/mol. The summed E-state index contributed by atoms with van der Waals surface area (Å²) in [5, 5.41) is 0. The highest BCUT2D eigenvalue weighted by molar-refractivity contribution is 5.98. The molecule has 69 heavy (non-hydrogen) atoms. The molecule has 2 nitrogen and oxygen atoms in total. The first-order valence-electron chi connectivity index (χ1n) is 24.4. The fourth-order valence-electron chi connectivity index (χ4n) is 13.1. The van der Waals surface area contributed by atoms with Gasteiger partial charge in [-0.3, -0.25) is 0 Å². The van der Waals surface area contributed by atoms with Crippen LogP contribution in [0.5, 0.6) is 0 Å². The van der Waals surface area contributed by atoms with Gasteiger partial charge in [0.15, 0.2) is 0 Å². The van der Waals surface area contributed by atoms with Gasteiger partial charge < -0.3 is 9.80 Å². The predicted octanol–water partition coefficient (Wildman–Crippen LogP) is 17.6. The van der Waals surface area contributed by atoms with Gasteiger partial charge in [0.1, 0.15) is 0 Å². The third-order valence-corrected chi connectivity index (χ3v) is 16.3. The molecule has 0 amide bonds. The van der Waals surface area contributed by atoms with E-state index in [1.165, 1.54) is 100 Å². The van der Waals surface area contributed by atoms with Gasteiger partial charge in [0.05, 0.1) is 22.5 Å². The Balaban J connectivity index is 1.00. The van der Waals surface area contributed by atoms with Gasteiger partial charge in [-0.2, -0.15) is 0 Å². The summed E-state index contributed by atoms with van der Waals surface area (Å²) in [7, 11) is 0. The summed E-state index contributed by atoms with van der Waals surface area (Å²) in [4.78, 5) is 5.00. The molecule has 0 fully saturated rings. The molecule has 10 aromatic carbocycles. The fraction of sp³-hybridized carbons (Fsp3) is 0.104. The molecule has 10 aromatic rings. The molecular formula is C67H50N2. The summed E-state index contributed by atoms with van der Waals surface area (Å²) in [6.45, 7) is 9.53. The maximum absolute atomic E-state index is 2.54. The lowest BCUT2D eigenvalue weighted by atomic mass is 9.64. The molecule has 14 rings (SSSR count). The third kappa shape index (κ3) is 5.37. The Bertz CT molecular complexity index is 3610. The molecule has 3 aliphatic carbocycles. The van der Waals surface area contributed by atoms with Crippen LogP contribution in [-0.4, -0.2) is 0 Å². The van der Waals surface area contributed by atoms with E-state index in [9.17, 15) is 0 Å². The largest absolute Gasteiger partial charge is 0.310 e. The van der Waals surface area contributed by atoms with Gasteiger partial charge >= 0.3 is 0 Å². The topological polar surface area (TPSA) is 6.48 Å². The second-order valence-electron chi connectivity index (χ2n) is 20.4. The van der Waals surface area contributed by atoms with Crippen LogP contribution in [0.3, 0.4) is 0 Å². The van der Waals surface area contributed by atoms with Crippen molar-refractivity contribution in [2.24, 2.45) is 0 Å². The molecule has 0 saturated carbocycles. The summed E-state index contributed by atoms with van der Waals surface area (Å²) in [6.07, 6.45) is 0. The highest BCUT2D eigenvalue weighted by atomic mass is 15.2. The summed E-state index contributed by atoms with van der Waals surface area (Å²) in [5.41, 5.74) is 27.0. The van der Waals surface area contributed by atoms with Crippen LogP contribution in [0.2, 0.25) is 0 Å². The fourth-order valence-corrected chi connectivity index (χ4v) is 13.1. The first-order valence-corrected chi connectivity index (χ1v) is 24.4. The van der Waals surface area contributed by atoms with E-state index in [0.717, 1.165) is 22.7 Å². The molecule has 0 bridgehead atoms. The minimum Gasteiger partial charge on any atom is -0.310 e. The smallest absolute Gasteiger partial charge is 0.0754 e. The van der Waals surface area contributed by atoms with Crippen molar-refractivity contribution in [3.05, 3.63) is 275 Å². The average Bonchev–Trinajstić information content (AvgIpc) is 3.91. The van der Waals surface area contributed by atoms with Crippen LogP contribution in [0, 0.1) is 0 Å². The molecular weight excluding hydrogens is 833 g/mol. The van der Waals surface area contributed by atoms with Crippen LogP contribution >= 0.6 is 0 Å². The van der Waals surface area contributed by atoms with Crippen molar-refractivity contribution in [3.8, 4) is 44.5 Å². The zero-order chi connectivity index (χ0) is 46.2. The number of anilines is 6. The molecule has 0 unspecified atom stereocenters. The third-order valence-electron chi connectivity index (χ3n) is 16.3. The first-order chi connectivity index (χ1) is 33.8. The van der Waals surface area contributed by atoms with Crippen molar-refractivity contribution >= 4 is 34.1 Å². The quantitative estimate of drug-likeness (QED) is 0.170. The number of hydrogen-bond acceptors (Lipinski definition) is 2. The lowest BCUT2D eigenvalue weighted by Gasteiger charge is -2.45. The van der Waals surface area contributed by atoms with Crippen LogP contribution < -0.4 is 9.80 Å². The lowest BCUT2D eigenvalue weighted by molar-refractivity contribution is 0.660. The molecule has 0 radical (unpaired) electrons. The molecule has 2 heteroatoms. The predicted molar refractivity (Wildman–Crippen MR) is 287 cm³/mol. The Hall–Kier alpha value is -8.20. The monoisotopic (exact) mass is 882 g/mol. The number of hydrogen-bond donors (Lipinski definition) is 0. The Labute approximate surface area is 405 Å². The van der Waals surface area contributed by atoms with E-state index in [1.54, 1.807) is 0 Å². The number of para-hydroxylation sites is 4. The van der Waals surface area contributed by atoms with Gasteiger partial charge in [-0.05, 0) is 144 Å². The number of fused-ring (bicyclic) bond motifs is 15. The van der Waals surface area contributed by atoms with Crippen LogP contribution in [0.25, 0.3) is 44.5 Å². The summed E-state index contributed by atoms with van der Waals surface area (Å²) in [6, 6.07) is 86.8. The summed E-state index contributed by atoms with van der Waals surface area (Å²) < 4.78 is 0. The highest BCUT2D eigenvalue weighted by Crippen LogP contribution is 2.64.